The number of carbonyl (C=O) groups excluding carboxylic acids is 2. The van der Waals surface area contributed by atoms with E-state index in [4.69, 9.17) is 13.9 Å². The van der Waals surface area contributed by atoms with Crippen molar-refractivity contribution in [2.75, 3.05) is 20.8 Å². The number of carbonyl (C=O) groups is 2. The molecule has 1 fully saturated rings. The highest BCUT2D eigenvalue weighted by Gasteiger charge is 2.48. The summed E-state index contributed by atoms with van der Waals surface area (Å²) in [6.45, 7) is 8.88. The summed E-state index contributed by atoms with van der Waals surface area (Å²) >= 11 is 0. The number of fused-ring (bicyclic) bond motifs is 3. The van der Waals surface area contributed by atoms with Crippen molar-refractivity contribution in [3.8, 4) is 11.5 Å². The molecule has 206 valence electrons. The van der Waals surface area contributed by atoms with Gasteiger partial charge in [0.25, 0.3) is 5.91 Å². The van der Waals surface area contributed by atoms with Gasteiger partial charge in [-0.25, -0.2) is 0 Å². The van der Waals surface area contributed by atoms with Crippen molar-refractivity contribution in [1.82, 2.24) is 14.8 Å². The summed E-state index contributed by atoms with van der Waals surface area (Å²) in [5, 5.41) is 3.29. The first-order valence-corrected chi connectivity index (χ1v) is 13.7. The van der Waals surface area contributed by atoms with Crippen LogP contribution in [0.15, 0.2) is 41.0 Å². The van der Waals surface area contributed by atoms with Gasteiger partial charge in [0.15, 0.2) is 5.58 Å². The first kappa shape index (κ1) is 27.6. The fourth-order valence-electron chi connectivity index (χ4n) is 5.66. The minimum Gasteiger partial charge on any atom is -0.497 e. The van der Waals surface area contributed by atoms with Crippen LogP contribution in [0.2, 0.25) is 0 Å². The van der Waals surface area contributed by atoms with Crippen molar-refractivity contribution in [2.24, 2.45) is 5.92 Å². The molecule has 2 aliphatic rings. The Labute approximate surface area is 225 Å². The molecule has 1 N–H and O–H groups in total. The zero-order valence-electron chi connectivity index (χ0n) is 23.5. The van der Waals surface area contributed by atoms with Gasteiger partial charge in [-0.2, -0.15) is 0 Å². The summed E-state index contributed by atoms with van der Waals surface area (Å²) in [4.78, 5) is 29.4. The molecule has 3 heterocycles. The van der Waals surface area contributed by atoms with E-state index in [1.165, 1.54) is 0 Å². The minimum atomic E-state index is -1.05. The lowest BCUT2D eigenvalue weighted by Gasteiger charge is -2.45. The maximum absolute atomic E-state index is 13.9. The molecule has 1 aromatic carbocycles. The Bertz CT molecular complexity index is 1270. The molecule has 0 spiro atoms. The second-order valence-electron chi connectivity index (χ2n) is 10.4. The number of amides is 2. The van der Waals surface area contributed by atoms with Crippen molar-refractivity contribution in [2.45, 2.75) is 77.9 Å². The predicted octanol–water partition coefficient (Wildman–Crippen LogP) is 5.43. The number of ether oxygens (including phenoxy) is 2. The maximum Gasteiger partial charge on any atom is 0.271 e. The van der Waals surface area contributed by atoms with E-state index in [1.807, 2.05) is 49.6 Å². The number of nitrogens with one attached hydrogen (secondary N) is 1. The number of nitrogens with zero attached hydrogens (tertiary/aromatic N) is 2. The standard InChI is InChI=1S/C28H35N3O5.C2H6/c1-18-5-8-20(9-6-18)29-27(33)28(2)17-30-22-12-14-36-25(22)16-23(30)26(32)31(28)13-11-19-7-10-21(34-3)15-24(19)35-4;1-2/h7,10,12,14-16,18,20H,5-6,8-9,11,13,17H2,1-4H3,(H,29,33);1-2H3. The Morgan fingerprint density at radius 2 is 1.84 bits per heavy atom. The molecule has 8 nitrogen and oxygen atoms in total. The molecular formula is C30H41N3O5. The van der Waals surface area contributed by atoms with E-state index in [0.717, 1.165) is 36.8 Å². The normalized spacial score (nSPS) is 22.9. The first-order chi connectivity index (χ1) is 18.3. The van der Waals surface area contributed by atoms with Crippen LogP contribution < -0.4 is 14.8 Å². The number of aromatic nitrogens is 1. The van der Waals surface area contributed by atoms with Gasteiger partial charge in [-0.1, -0.05) is 26.8 Å². The Morgan fingerprint density at radius 1 is 1.11 bits per heavy atom. The molecule has 1 aliphatic carbocycles. The largest absolute Gasteiger partial charge is 0.497 e. The quantitative estimate of drug-likeness (QED) is 0.446. The molecule has 0 saturated heterocycles. The lowest BCUT2D eigenvalue weighted by molar-refractivity contribution is -0.133. The van der Waals surface area contributed by atoms with Crippen LogP contribution in [0, 0.1) is 5.92 Å². The molecule has 3 aromatic rings. The Hall–Kier alpha value is -3.42. The Kier molecular flexibility index (Phi) is 8.38. The molecule has 1 unspecified atom stereocenters. The summed E-state index contributed by atoms with van der Waals surface area (Å²) in [5.41, 5.74) is 1.94. The summed E-state index contributed by atoms with van der Waals surface area (Å²) in [5.74, 6) is 1.82. The first-order valence-electron chi connectivity index (χ1n) is 13.7. The van der Waals surface area contributed by atoms with Crippen molar-refractivity contribution in [3.63, 3.8) is 0 Å². The Balaban J connectivity index is 0.00000164. The second-order valence-corrected chi connectivity index (χ2v) is 10.4. The third-order valence-corrected chi connectivity index (χ3v) is 7.99. The van der Waals surface area contributed by atoms with Crippen LogP contribution in [-0.2, 0) is 17.8 Å². The second kappa shape index (κ2) is 11.5. The van der Waals surface area contributed by atoms with Crippen LogP contribution >= 0.6 is 0 Å². The van der Waals surface area contributed by atoms with Gasteiger partial charge in [-0.3, -0.25) is 9.59 Å². The molecule has 2 aromatic heterocycles. The summed E-state index contributed by atoms with van der Waals surface area (Å²) < 4.78 is 18.4. The molecular weight excluding hydrogens is 482 g/mol. The zero-order chi connectivity index (χ0) is 27.4. The van der Waals surface area contributed by atoms with Gasteiger partial charge in [0.1, 0.15) is 22.7 Å². The third-order valence-electron chi connectivity index (χ3n) is 7.99. The van der Waals surface area contributed by atoms with Gasteiger partial charge in [0, 0.05) is 30.8 Å². The van der Waals surface area contributed by atoms with Crippen LogP contribution in [0.1, 0.15) is 69.4 Å². The summed E-state index contributed by atoms with van der Waals surface area (Å²) in [6, 6.07) is 9.43. The molecule has 2 amide bonds. The highest BCUT2D eigenvalue weighted by atomic mass is 16.5. The molecule has 38 heavy (non-hydrogen) atoms. The van der Waals surface area contributed by atoms with E-state index >= 15 is 0 Å². The third kappa shape index (κ3) is 5.13. The van der Waals surface area contributed by atoms with Crippen LogP contribution in [0.4, 0.5) is 0 Å². The van der Waals surface area contributed by atoms with Gasteiger partial charge < -0.3 is 28.7 Å². The fourth-order valence-corrected chi connectivity index (χ4v) is 5.66. The number of benzene rings is 1. The zero-order valence-corrected chi connectivity index (χ0v) is 23.5. The molecule has 1 saturated carbocycles. The number of methoxy groups -OCH3 is 2. The molecule has 1 aliphatic heterocycles. The minimum absolute atomic E-state index is 0.104. The van der Waals surface area contributed by atoms with Crippen molar-refractivity contribution in [1.29, 1.82) is 0 Å². The van der Waals surface area contributed by atoms with E-state index in [-0.39, 0.29) is 17.9 Å². The Morgan fingerprint density at radius 3 is 2.53 bits per heavy atom. The van der Waals surface area contributed by atoms with E-state index in [2.05, 4.69) is 12.2 Å². The highest BCUT2D eigenvalue weighted by molar-refractivity contribution is 6.03. The molecule has 1 atom stereocenters. The highest BCUT2D eigenvalue weighted by Crippen LogP contribution is 2.34. The van der Waals surface area contributed by atoms with Gasteiger partial charge in [0.2, 0.25) is 5.91 Å². The van der Waals surface area contributed by atoms with Gasteiger partial charge in [-0.15, -0.1) is 0 Å². The van der Waals surface area contributed by atoms with Crippen molar-refractivity contribution >= 4 is 22.9 Å². The van der Waals surface area contributed by atoms with Crippen LogP contribution in [0.3, 0.4) is 0 Å². The van der Waals surface area contributed by atoms with E-state index in [9.17, 15) is 9.59 Å². The predicted molar refractivity (Wildman–Crippen MR) is 148 cm³/mol. The van der Waals surface area contributed by atoms with E-state index in [1.54, 1.807) is 31.4 Å². The lowest BCUT2D eigenvalue weighted by atomic mass is 9.86. The number of furan rings is 1. The van der Waals surface area contributed by atoms with Crippen LogP contribution in [0.5, 0.6) is 11.5 Å². The van der Waals surface area contributed by atoms with Crippen molar-refractivity contribution in [3.05, 3.63) is 47.9 Å². The average Bonchev–Trinajstić information content (AvgIpc) is 3.53. The lowest BCUT2D eigenvalue weighted by Crippen LogP contribution is -2.65. The maximum atomic E-state index is 13.9. The topological polar surface area (TPSA) is 85.9 Å². The van der Waals surface area contributed by atoms with E-state index in [0.29, 0.717) is 48.2 Å². The van der Waals surface area contributed by atoms with Gasteiger partial charge in [0.05, 0.1) is 32.5 Å². The van der Waals surface area contributed by atoms with E-state index < -0.39 is 5.54 Å². The van der Waals surface area contributed by atoms with Gasteiger partial charge >= 0.3 is 0 Å². The molecule has 0 bridgehead atoms. The number of rotatable bonds is 7. The molecule has 0 radical (unpaired) electrons. The molecule has 5 rings (SSSR count). The number of hydrogen-bond acceptors (Lipinski definition) is 5. The monoisotopic (exact) mass is 523 g/mol. The number of hydrogen-bond donors (Lipinski definition) is 1. The summed E-state index contributed by atoms with van der Waals surface area (Å²) in [6.07, 6.45) is 6.32. The average molecular weight is 524 g/mol. The summed E-state index contributed by atoms with van der Waals surface area (Å²) in [7, 11) is 3.23. The van der Waals surface area contributed by atoms with Gasteiger partial charge in [-0.05, 0) is 56.6 Å². The van der Waals surface area contributed by atoms with Crippen LogP contribution in [-0.4, -0.2) is 53.6 Å². The molecule has 8 heteroatoms. The van der Waals surface area contributed by atoms with Crippen LogP contribution in [0.25, 0.3) is 11.1 Å². The SMILES string of the molecule is CC.COc1ccc(CCN2C(=O)c3cc4occc4n3CC2(C)C(=O)NC2CCC(C)CC2)c(OC)c1. The smallest absolute Gasteiger partial charge is 0.271 e. The van der Waals surface area contributed by atoms with Crippen molar-refractivity contribution < 1.29 is 23.5 Å². The fraction of sp³-hybridized carbons (Fsp3) is 0.533.